The Kier molecular flexibility index (Phi) is 10.8. The Hall–Kier alpha value is -4.47. The number of benzene rings is 2. The Balaban J connectivity index is 2.48. The fraction of sp³-hybridized carbons (Fsp3) is 0.387. The van der Waals surface area contributed by atoms with Gasteiger partial charge in [0.1, 0.15) is 28.0 Å². The summed E-state index contributed by atoms with van der Waals surface area (Å²) < 4.78 is 22.7. The van der Waals surface area contributed by atoms with Gasteiger partial charge < -0.3 is 23.7 Å². The summed E-state index contributed by atoms with van der Waals surface area (Å²) in [6.45, 7) is 7.08. The number of fused-ring (bicyclic) bond motifs is 1. The zero-order chi connectivity index (χ0) is 30.1. The third kappa shape index (κ3) is 7.39. The van der Waals surface area contributed by atoms with Gasteiger partial charge in [0.05, 0.1) is 0 Å². The van der Waals surface area contributed by atoms with E-state index in [1.54, 1.807) is 27.7 Å². The molecule has 41 heavy (non-hydrogen) atoms. The van der Waals surface area contributed by atoms with Gasteiger partial charge in [-0.05, 0) is 49.9 Å². The van der Waals surface area contributed by atoms with Crippen molar-refractivity contribution in [3.05, 3.63) is 46.1 Å². The molecule has 0 spiro atoms. The first-order valence-electron chi connectivity index (χ1n) is 13.8. The quantitative estimate of drug-likeness (QED) is 0.143. The van der Waals surface area contributed by atoms with Crippen LogP contribution in [0.25, 0.3) is 22.3 Å². The van der Waals surface area contributed by atoms with E-state index < -0.39 is 40.6 Å². The van der Waals surface area contributed by atoms with Crippen LogP contribution in [0.2, 0.25) is 0 Å². The number of hydrogen-bond acceptors (Lipinski definition) is 10. The molecule has 3 rings (SSSR count). The molecule has 218 valence electrons. The molecule has 10 nitrogen and oxygen atoms in total. The van der Waals surface area contributed by atoms with Crippen LogP contribution in [-0.2, 0) is 14.4 Å². The molecule has 0 unspecified atom stereocenters. The lowest BCUT2D eigenvalue weighted by molar-refractivity contribution is -0.135. The average molecular weight is 567 g/mol. The first-order valence-corrected chi connectivity index (χ1v) is 13.8. The third-order valence-electron chi connectivity index (χ3n) is 5.96. The molecule has 0 aliphatic carbocycles. The lowest BCUT2D eigenvalue weighted by atomic mass is 10.00. The van der Waals surface area contributed by atoms with Crippen LogP contribution < -0.4 is 19.6 Å². The van der Waals surface area contributed by atoms with Gasteiger partial charge in [0.15, 0.2) is 17.3 Å². The van der Waals surface area contributed by atoms with E-state index in [2.05, 4.69) is 0 Å². The van der Waals surface area contributed by atoms with Crippen molar-refractivity contribution >= 4 is 34.7 Å². The molecular weight excluding hydrogens is 532 g/mol. The molecule has 0 atom stereocenters. The number of carbonyl (C=O) groups is 4. The molecule has 0 radical (unpaired) electrons. The molecule has 0 bridgehead atoms. The van der Waals surface area contributed by atoms with E-state index in [0.29, 0.717) is 31.2 Å². The molecule has 0 fully saturated rings. The molecule has 0 aliphatic rings. The summed E-state index contributed by atoms with van der Waals surface area (Å²) in [6.07, 6.45) is 1.85. The number of phenols is 1. The fourth-order valence-corrected chi connectivity index (χ4v) is 4.09. The van der Waals surface area contributed by atoms with Crippen molar-refractivity contribution in [2.75, 3.05) is 0 Å². The molecule has 1 aromatic heterocycles. The lowest BCUT2D eigenvalue weighted by Gasteiger charge is -2.18. The van der Waals surface area contributed by atoms with Gasteiger partial charge >= 0.3 is 17.9 Å². The number of Topliss-reactive ketones (excluding diaryl/α,β-unsaturated/α-hetero) is 1. The highest BCUT2D eigenvalue weighted by Gasteiger charge is 2.30. The normalized spacial score (nSPS) is 10.8. The van der Waals surface area contributed by atoms with Crippen LogP contribution in [-0.4, -0.2) is 28.8 Å². The van der Waals surface area contributed by atoms with Crippen LogP contribution in [0.4, 0.5) is 0 Å². The Morgan fingerprint density at radius 2 is 1.24 bits per heavy atom. The van der Waals surface area contributed by atoms with Gasteiger partial charge in [-0.3, -0.25) is 24.0 Å². The smallest absolute Gasteiger partial charge is 0.311 e. The van der Waals surface area contributed by atoms with Crippen LogP contribution in [0.15, 0.2) is 39.5 Å². The van der Waals surface area contributed by atoms with Crippen molar-refractivity contribution in [2.45, 2.75) is 79.1 Å². The summed E-state index contributed by atoms with van der Waals surface area (Å²) in [5.41, 5.74) is -0.986. The van der Waals surface area contributed by atoms with E-state index >= 15 is 0 Å². The first-order chi connectivity index (χ1) is 19.6. The number of esters is 3. The van der Waals surface area contributed by atoms with Gasteiger partial charge in [0.25, 0.3) is 0 Å². The van der Waals surface area contributed by atoms with Crippen molar-refractivity contribution in [1.82, 2.24) is 0 Å². The van der Waals surface area contributed by atoms with Crippen molar-refractivity contribution in [2.24, 2.45) is 0 Å². The first kappa shape index (κ1) is 31.1. The Labute approximate surface area is 237 Å². The average Bonchev–Trinajstić information content (AvgIpc) is 2.91. The zero-order valence-corrected chi connectivity index (χ0v) is 23.7. The zero-order valence-electron chi connectivity index (χ0n) is 23.7. The number of phenolic OH excluding ortho intramolecular Hbond substituents is 1. The molecule has 0 aliphatic heterocycles. The maximum atomic E-state index is 14.1. The second-order valence-corrected chi connectivity index (χ2v) is 9.43. The standard InChI is InChI=1S/C31H34O10/c1-5-9-20(33)26-21(38-23(34)10-6-2)17-22-27(30(26)40-24(35)11-7-3)28(37)31(41-25(36)12-8-4)29(39-22)18-13-15-19(32)16-14-18/h13-17,32H,5-12H2,1-4H3. The minimum absolute atomic E-state index is 0.0113. The SMILES string of the molecule is CCCC(=O)Oc1cc2oc(-c3ccc(O)cc3)c(OC(=O)CCC)c(=O)c2c(OC(=O)CCC)c1C(=O)CCC. The van der Waals surface area contributed by atoms with Gasteiger partial charge in [-0.1, -0.05) is 27.7 Å². The minimum Gasteiger partial charge on any atom is -0.508 e. The van der Waals surface area contributed by atoms with E-state index in [0.717, 1.165) is 0 Å². The number of carbonyl (C=O) groups excluding carboxylic acids is 4. The van der Waals surface area contributed by atoms with Gasteiger partial charge in [0, 0.05) is 37.3 Å². The summed E-state index contributed by atoms with van der Waals surface area (Å²) in [4.78, 5) is 65.2. The van der Waals surface area contributed by atoms with Crippen LogP contribution in [0, 0.1) is 0 Å². The van der Waals surface area contributed by atoms with Gasteiger partial charge in [-0.15, -0.1) is 0 Å². The van der Waals surface area contributed by atoms with E-state index in [9.17, 15) is 29.1 Å². The van der Waals surface area contributed by atoms with Gasteiger partial charge in [-0.2, -0.15) is 0 Å². The fourth-order valence-electron chi connectivity index (χ4n) is 4.09. The highest BCUT2D eigenvalue weighted by Crippen LogP contribution is 2.41. The van der Waals surface area contributed by atoms with Crippen molar-refractivity contribution in [1.29, 1.82) is 0 Å². The maximum absolute atomic E-state index is 14.1. The topological polar surface area (TPSA) is 146 Å². The number of ketones is 1. The minimum atomic E-state index is -0.866. The van der Waals surface area contributed by atoms with Crippen LogP contribution in [0.5, 0.6) is 23.0 Å². The Morgan fingerprint density at radius 1 is 0.732 bits per heavy atom. The molecule has 2 aromatic carbocycles. The van der Waals surface area contributed by atoms with Crippen LogP contribution in [0.3, 0.4) is 0 Å². The van der Waals surface area contributed by atoms with E-state index in [1.807, 2.05) is 0 Å². The molecule has 0 saturated carbocycles. The number of hydrogen-bond donors (Lipinski definition) is 1. The molecule has 3 aromatic rings. The predicted octanol–water partition coefficient (Wildman–Crippen LogP) is 6.26. The molecule has 0 saturated heterocycles. The van der Waals surface area contributed by atoms with Gasteiger partial charge in [0.2, 0.25) is 11.2 Å². The summed E-state index contributed by atoms with van der Waals surface area (Å²) >= 11 is 0. The predicted molar refractivity (Wildman–Crippen MR) is 150 cm³/mol. The number of aromatic hydroxyl groups is 1. The highest BCUT2D eigenvalue weighted by molar-refractivity contribution is 6.08. The second-order valence-electron chi connectivity index (χ2n) is 9.43. The van der Waals surface area contributed by atoms with Crippen molar-refractivity contribution < 1.29 is 42.9 Å². The lowest BCUT2D eigenvalue weighted by Crippen LogP contribution is -2.19. The van der Waals surface area contributed by atoms with E-state index in [1.165, 1.54) is 30.3 Å². The maximum Gasteiger partial charge on any atom is 0.311 e. The van der Waals surface area contributed by atoms with Crippen molar-refractivity contribution in [3.63, 3.8) is 0 Å². The molecule has 10 heteroatoms. The largest absolute Gasteiger partial charge is 0.508 e. The van der Waals surface area contributed by atoms with Gasteiger partial charge in [-0.25, -0.2) is 0 Å². The highest BCUT2D eigenvalue weighted by atomic mass is 16.6. The van der Waals surface area contributed by atoms with E-state index in [4.69, 9.17) is 18.6 Å². The Morgan fingerprint density at radius 3 is 1.78 bits per heavy atom. The summed E-state index contributed by atoms with van der Waals surface area (Å²) in [5, 5.41) is 9.45. The van der Waals surface area contributed by atoms with Crippen molar-refractivity contribution in [3.8, 4) is 34.3 Å². The van der Waals surface area contributed by atoms with Crippen LogP contribution in [0.1, 0.15) is 89.4 Å². The molecule has 0 amide bonds. The molecular formula is C31H34O10. The number of rotatable bonds is 13. The molecule has 1 heterocycles. The summed E-state index contributed by atoms with van der Waals surface area (Å²) in [5.74, 6) is -3.86. The summed E-state index contributed by atoms with van der Waals surface area (Å²) in [7, 11) is 0. The monoisotopic (exact) mass is 566 g/mol. The van der Waals surface area contributed by atoms with Crippen LogP contribution >= 0.6 is 0 Å². The summed E-state index contributed by atoms with van der Waals surface area (Å²) in [6, 6.07) is 6.87. The second kappa shape index (κ2) is 14.2. The number of ether oxygens (including phenoxy) is 3. The third-order valence-corrected chi connectivity index (χ3v) is 5.96. The molecule has 1 N–H and O–H groups in total. The Bertz CT molecular complexity index is 1500. The van der Waals surface area contributed by atoms with E-state index in [-0.39, 0.29) is 59.5 Å².